The number of likely N-dealkylation sites (tertiary alicyclic amines) is 1. The molecule has 0 aliphatic carbocycles. The molecule has 0 N–H and O–H groups in total. The maximum atomic E-state index is 12.5. The molecule has 3 heterocycles. The van der Waals surface area contributed by atoms with E-state index in [9.17, 15) is 4.79 Å². The van der Waals surface area contributed by atoms with Crippen LogP contribution in [0.5, 0.6) is 0 Å². The zero-order chi connectivity index (χ0) is 17.3. The van der Waals surface area contributed by atoms with Gasteiger partial charge in [-0.2, -0.15) is 0 Å². The van der Waals surface area contributed by atoms with Crippen molar-refractivity contribution in [3.05, 3.63) is 23.4 Å². The average Bonchev–Trinajstić information content (AvgIpc) is 3.17. The third-order valence-electron chi connectivity index (χ3n) is 4.78. The number of pyridine rings is 1. The van der Waals surface area contributed by atoms with Gasteiger partial charge < -0.3 is 14.5 Å². The van der Waals surface area contributed by atoms with Crippen molar-refractivity contribution >= 4 is 11.9 Å². The quantitative estimate of drug-likeness (QED) is 0.820. The molecule has 1 unspecified atom stereocenters. The molecule has 2 aliphatic heterocycles. The number of aryl methyl sites for hydroxylation is 1. The van der Waals surface area contributed by atoms with Crippen molar-refractivity contribution in [1.29, 1.82) is 0 Å². The van der Waals surface area contributed by atoms with E-state index in [1.54, 1.807) is 0 Å². The van der Waals surface area contributed by atoms with Crippen LogP contribution in [0.4, 0.5) is 10.6 Å². The van der Waals surface area contributed by atoms with Gasteiger partial charge in [0.1, 0.15) is 11.4 Å². The van der Waals surface area contributed by atoms with Gasteiger partial charge in [0.2, 0.25) is 0 Å². The van der Waals surface area contributed by atoms with Crippen molar-refractivity contribution in [3.63, 3.8) is 0 Å². The average molecular weight is 331 g/mol. The van der Waals surface area contributed by atoms with Gasteiger partial charge in [-0.1, -0.05) is 6.07 Å². The molecular weight excluding hydrogens is 302 g/mol. The molecule has 1 amide bonds. The number of carbonyl (C=O) groups is 1. The number of hydrogen-bond donors (Lipinski definition) is 0. The van der Waals surface area contributed by atoms with Crippen LogP contribution in [0.15, 0.2) is 12.1 Å². The van der Waals surface area contributed by atoms with Crippen LogP contribution in [0.2, 0.25) is 0 Å². The molecular formula is C19H29N3O2. The van der Waals surface area contributed by atoms with E-state index in [0.29, 0.717) is 0 Å². The molecule has 5 nitrogen and oxygen atoms in total. The van der Waals surface area contributed by atoms with E-state index in [1.807, 2.05) is 25.7 Å². The first-order valence-electron chi connectivity index (χ1n) is 9.07. The van der Waals surface area contributed by atoms with Gasteiger partial charge in [-0.15, -0.1) is 0 Å². The fourth-order valence-corrected chi connectivity index (χ4v) is 3.66. The summed E-state index contributed by atoms with van der Waals surface area (Å²) >= 11 is 0. The third-order valence-corrected chi connectivity index (χ3v) is 4.78. The Kier molecular flexibility index (Phi) is 4.70. The summed E-state index contributed by atoms with van der Waals surface area (Å²) < 4.78 is 5.58. The van der Waals surface area contributed by atoms with Gasteiger partial charge in [-0.3, -0.25) is 0 Å². The Labute approximate surface area is 145 Å². The first-order valence-corrected chi connectivity index (χ1v) is 9.07. The lowest BCUT2D eigenvalue weighted by atomic mass is 10.0. The smallest absolute Gasteiger partial charge is 0.410 e. The molecule has 5 heteroatoms. The van der Waals surface area contributed by atoms with Crippen molar-refractivity contribution in [2.24, 2.45) is 0 Å². The van der Waals surface area contributed by atoms with Gasteiger partial charge in [0.05, 0.1) is 6.04 Å². The Morgan fingerprint density at radius 1 is 1.17 bits per heavy atom. The van der Waals surface area contributed by atoms with Crippen molar-refractivity contribution in [3.8, 4) is 0 Å². The molecule has 2 fully saturated rings. The molecule has 0 spiro atoms. The van der Waals surface area contributed by atoms with Crippen LogP contribution in [-0.2, 0) is 4.74 Å². The minimum atomic E-state index is -0.461. The van der Waals surface area contributed by atoms with E-state index in [4.69, 9.17) is 9.72 Å². The van der Waals surface area contributed by atoms with Gasteiger partial charge in [-0.25, -0.2) is 9.78 Å². The number of hydrogen-bond acceptors (Lipinski definition) is 4. The Morgan fingerprint density at radius 3 is 2.50 bits per heavy atom. The summed E-state index contributed by atoms with van der Waals surface area (Å²) in [6.07, 6.45) is 4.27. The van der Waals surface area contributed by atoms with Crippen molar-refractivity contribution < 1.29 is 9.53 Å². The molecule has 1 aromatic rings. The molecule has 24 heavy (non-hydrogen) atoms. The number of anilines is 1. The number of nitrogens with zero attached hydrogens (tertiary/aromatic N) is 3. The molecule has 132 valence electrons. The lowest BCUT2D eigenvalue weighted by molar-refractivity contribution is 0.0224. The van der Waals surface area contributed by atoms with Gasteiger partial charge in [0, 0.05) is 25.3 Å². The van der Waals surface area contributed by atoms with Crippen LogP contribution in [0, 0.1) is 6.92 Å². The van der Waals surface area contributed by atoms with E-state index < -0.39 is 5.60 Å². The van der Waals surface area contributed by atoms with Crippen molar-refractivity contribution in [1.82, 2.24) is 9.88 Å². The highest BCUT2D eigenvalue weighted by molar-refractivity contribution is 5.69. The Bertz CT molecular complexity index is 603. The van der Waals surface area contributed by atoms with Gasteiger partial charge in [0.15, 0.2) is 0 Å². The fraction of sp³-hybridized carbons (Fsp3) is 0.684. The zero-order valence-corrected chi connectivity index (χ0v) is 15.3. The van der Waals surface area contributed by atoms with Gasteiger partial charge in [-0.05, 0) is 65.0 Å². The number of aromatic nitrogens is 1. The van der Waals surface area contributed by atoms with E-state index in [0.717, 1.165) is 49.6 Å². The van der Waals surface area contributed by atoms with Crippen molar-refractivity contribution in [2.45, 2.75) is 65.0 Å². The summed E-state index contributed by atoms with van der Waals surface area (Å²) in [5, 5.41) is 0. The SMILES string of the molecule is Cc1nc(N2CCCC2)ccc1C1CCCN1C(=O)OC(C)(C)C. The Hall–Kier alpha value is -1.78. The monoisotopic (exact) mass is 331 g/mol. The minimum absolute atomic E-state index is 0.0833. The lowest BCUT2D eigenvalue weighted by Gasteiger charge is -2.29. The van der Waals surface area contributed by atoms with Crippen LogP contribution >= 0.6 is 0 Å². The number of ether oxygens (including phenoxy) is 1. The van der Waals surface area contributed by atoms with Gasteiger partial charge in [0.25, 0.3) is 0 Å². The fourth-order valence-electron chi connectivity index (χ4n) is 3.66. The van der Waals surface area contributed by atoms with E-state index in [-0.39, 0.29) is 12.1 Å². The van der Waals surface area contributed by atoms with Crippen LogP contribution in [0.3, 0.4) is 0 Å². The third kappa shape index (κ3) is 3.65. The minimum Gasteiger partial charge on any atom is -0.444 e. The normalized spacial score (nSPS) is 21.4. The highest BCUT2D eigenvalue weighted by atomic mass is 16.6. The van der Waals surface area contributed by atoms with Crippen molar-refractivity contribution in [2.75, 3.05) is 24.5 Å². The summed E-state index contributed by atoms with van der Waals surface area (Å²) in [5.41, 5.74) is 1.72. The maximum Gasteiger partial charge on any atom is 0.410 e. The molecule has 2 aliphatic rings. The first kappa shape index (κ1) is 17.1. The summed E-state index contributed by atoms with van der Waals surface area (Å²) in [4.78, 5) is 21.5. The summed E-state index contributed by atoms with van der Waals surface area (Å²) in [7, 11) is 0. The van der Waals surface area contributed by atoms with Gasteiger partial charge >= 0.3 is 6.09 Å². The molecule has 0 radical (unpaired) electrons. The number of amides is 1. The van der Waals surface area contributed by atoms with Crippen LogP contribution < -0.4 is 4.90 Å². The second kappa shape index (κ2) is 6.61. The van der Waals surface area contributed by atoms with Crippen LogP contribution in [0.25, 0.3) is 0 Å². The molecule has 0 bridgehead atoms. The second-order valence-corrected chi connectivity index (χ2v) is 7.87. The number of rotatable bonds is 2. The Morgan fingerprint density at radius 2 is 1.88 bits per heavy atom. The predicted octanol–water partition coefficient (Wildman–Crippen LogP) is 4.06. The highest BCUT2D eigenvalue weighted by Crippen LogP contribution is 2.35. The summed E-state index contributed by atoms with van der Waals surface area (Å²) in [6.45, 7) is 10.7. The van der Waals surface area contributed by atoms with Crippen LogP contribution in [0.1, 0.15) is 63.8 Å². The number of carbonyl (C=O) groups excluding carboxylic acids is 1. The largest absolute Gasteiger partial charge is 0.444 e. The molecule has 0 aromatic carbocycles. The first-order chi connectivity index (χ1) is 11.3. The standard InChI is InChI=1S/C19H29N3O2/c1-14-15(9-10-17(20-14)21-11-5-6-12-21)16-8-7-13-22(16)18(23)24-19(2,3)4/h9-10,16H,5-8,11-13H2,1-4H3. The van der Waals surface area contributed by atoms with E-state index in [2.05, 4.69) is 24.0 Å². The topological polar surface area (TPSA) is 45.7 Å². The molecule has 3 rings (SSSR count). The maximum absolute atomic E-state index is 12.5. The summed E-state index contributed by atoms with van der Waals surface area (Å²) in [6, 6.07) is 4.35. The van der Waals surface area contributed by atoms with E-state index >= 15 is 0 Å². The van der Waals surface area contributed by atoms with Crippen LogP contribution in [-0.4, -0.2) is 41.2 Å². The molecule has 1 aromatic heterocycles. The highest BCUT2D eigenvalue weighted by Gasteiger charge is 2.34. The molecule has 1 atom stereocenters. The lowest BCUT2D eigenvalue weighted by Crippen LogP contribution is -2.36. The zero-order valence-electron chi connectivity index (χ0n) is 15.3. The molecule has 2 saturated heterocycles. The Balaban J connectivity index is 1.78. The molecule has 0 saturated carbocycles. The van der Waals surface area contributed by atoms with E-state index in [1.165, 1.54) is 12.8 Å². The predicted molar refractivity (Wildman–Crippen MR) is 95.3 cm³/mol. The second-order valence-electron chi connectivity index (χ2n) is 7.87. The summed E-state index contributed by atoms with van der Waals surface area (Å²) in [5.74, 6) is 1.07.